The maximum absolute atomic E-state index is 10.9. The average Bonchev–Trinajstić information content (AvgIpc) is 3.12. The quantitative estimate of drug-likeness (QED) is 0.206. The molecule has 0 aliphatic carbocycles. The predicted octanol–water partition coefficient (Wildman–Crippen LogP) is 0.228. The summed E-state index contributed by atoms with van der Waals surface area (Å²) in [7, 11) is 2.69. The van der Waals surface area contributed by atoms with Crippen LogP contribution in [0.1, 0.15) is 13.2 Å². The van der Waals surface area contributed by atoms with Crippen molar-refractivity contribution in [3.63, 3.8) is 0 Å². The van der Waals surface area contributed by atoms with Gasteiger partial charge < -0.3 is 20.3 Å². The van der Waals surface area contributed by atoms with E-state index >= 15 is 0 Å². The van der Waals surface area contributed by atoms with Crippen LogP contribution < -0.4 is 5.73 Å². The molecule has 12 nitrogen and oxygen atoms in total. The van der Waals surface area contributed by atoms with Gasteiger partial charge in [-0.3, -0.25) is 9.36 Å². The molecule has 4 rings (SSSR count). The van der Waals surface area contributed by atoms with Crippen molar-refractivity contribution in [3.8, 4) is 0 Å². The first-order valence-corrected chi connectivity index (χ1v) is 10.5. The Bertz CT molecular complexity index is 921. The fourth-order valence-electron chi connectivity index (χ4n) is 2.95. The van der Waals surface area contributed by atoms with Crippen molar-refractivity contribution in [2.45, 2.75) is 31.5 Å². The van der Waals surface area contributed by atoms with Crippen molar-refractivity contribution in [1.29, 1.82) is 0 Å². The lowest BCUT2D eigenvalue weighted by molar-refractivity contribution is -0.149. The van der Waals surface area contributed by atoms with Gasteiger partial charge in [-0.15, -0.1) is 0 Å². The van der Waals surface area contributed by atoms with E-state index in [1.807, 2.05) is 0 Å². The van der Waals surface area contributed by atoms with Crippen LogP contribution in [0.4, 0.5) is 5.82 Å². The van der Waals surface area contributed by atoms with E-state index in [1.54, 1.807) is 0 Å². The van der Waals surface area contributed by atoms with Crippen LogP contribution in [0.5, 0.6) is 0 Å². The number of hydrogen-bond acceptors (Lipinski definition) is 11. The third kappa shape index (κ3) is 3.49. The van der Waals surface area contributed by atoms with Crippen molar-refractivity contribution < 1.29 is 32.9 Å². The first-order chi connectivity index (χ1) is 13.3. The smallest absolute Gasteiger partial charge is 0.434 e. The van der Waals surface area contributed by atoms with Gasteiger partial charge in [0.2, 0.25) is 6.79 Å². The van der Waals surface area contributed by atoms with E-state index in [2.05, 4.69) is 30.9 Å². The number of ether oxygens (including phenoxy) is 2. The molecular formula is C13H15BBrN5O7P+. The molecule has 0 aromatic carbocycles. The van der Waals surface area contributed by atoms with Gasteiger partial charge in [-0.1, -0.05) is 0 Å². The van der Waals surface area contributed by atoms with E-state index in [0.717, 1.165) is 0 Å². The van der Waals surface area contributed by atoms with E-state index in [1.165, 1.54) is 17.8 Å². The number of nitrogens with zero attached hydrogens (tertiary/aromatic N) is 4. The molecule has 2 unspecified atom stereocenters. The second-order valence-corrected chi connectivity index (χ2v) is 8.54. The summed E-state index contributed by atoms with van der Waals surface area (Å²) in [6.45, 7) is 0.821. The predicted molar refractivity (Wildman–Crippen MR) is 98.6 cm³/mol. The van der Waals surface area contributed by atoms with Crippen molar-refractivity contribution in [1.82, 2.24) is 19.5 Å². The highest BCUT2D eigenvalue weighted by atomic mass is 79.9. The van der Waals surface area contributed by atoms with E-state index < -0.39 is 45.1 Å². The Morgan fingerprint density at radius 1 is 1.57 bits per heavy atom. The summed E-state index contributed by atoms with van der Waals surface area (Å²) < 4.78 is 28.8. The Labute approximate surface area is 168 Å². The second kappa shape index (κ2) is 7.45. The third-order valence-electron chi connectivity index (χ3n) is 4.21. The summed E-state index contributed by atoms with van der Waals surface area (Å²) in [4.78, 5) is 23.2. The summed E-state index contributed by atoms with van der Waals surface area (Å²) >= 11 is 3.33. The van der Waals surface area contributed by atoms with Crippen LogP contribution in [0.15, 0.2) is 11.1 Å². The topological polar surface area (TPSA) is 153 Å². The first kappa shape index (κ1) is 19.9. The molecule has 2 aliphatic heterocycles. The van der Waals surface area contributed by atoms with Gasteiger partial charge in [0.05, 0.1) is 0 Å². The normalized spacial score (nSPS) is 32.4. The Balaban J connectivity index is 1.56. The van der Waals surface area contributed by atoms with E-state index in [-0.39, 0.29) is 12.4 Å². The number of aliphatic hydroxyl groups is 1. The van der Waals surface area contributed by atoms with Crippen LogP contribution >= 0.6 is 23.8 Å². The van der Waals surface area contributed by atoms with Crippen molar-refractivity contribution in [3.05, 3.63) is 11.1 Å². The zero-order chi connectivity index (χ0) is 20.1. The number of nitrogen functional groups attached to an aromatic ring is 1. The molecule has 5 atom stereocenters. The average molecular weight is 475 g/mol. The molecule has 2 aliphatic rings. The van der Waals surface area contributed by atoms with Gasteiger partial charge in [-0.2, -0.15) is 13.6 Å². The molecule has 2 aromatic rings. The summed E-state index contributed by atoms with van der Waals surface area (Å²) in [5.74, 6) is -0.344. The molecule has 0 saturated carbocycles. The Kier molecular flexibility index (Phi) is 5.29. The number of aromatic nitrogens is 4. The molecule has 0 bridgehead atoms. The minimum Gasteiger partial charge on any atom is -0.434 e. The molecule has 15 heteroatoms. The molecule has 0 amide bonds. The number of fused-ring (bicyclic) bond motifs is 2. The summed E-state index contributed by atoms with van der Waals surface area (Å²) in [5.41, 5.74) is 6.57. The molecule has 2 radical (unpaired) electrons. The van der Waals surface area contributed by atoms with E-state index in [0.29, 0.717) is 15.9 Å². The number of carbonyl (C=O) groups excluding carboxylic acids is 1. The van der Waals surface area contributed by atoms with Crippen LogP contribution in [-0.4, -0.2) is 69.9 Å². The zero-order valence-electron chi connectivity index (χ0n) is 14.5. The van der Waals surface area contributed by atoms with E-state index in [9.17, 15) is 9.90 Å². The highest BCUT2D eigenvalue weighted by molar-refractivity contribution is 9.10. The fraction of sp³-hybridized carbons (Fsp3) is 0.538. The van der Waals surface area contributed by atoms with Crippen molar-refractivity contribution in [2.24, 2.45) is 0 Å². The largest absolute Gasteiger partial charge is 0.488 e. The van der Waals surface area contributed by atoms with Crippen molar-refractivity contribution in [2.75, 3.05) is 19.1 Å². The number of aliphatic hydroxyl groups excluding tert-OH is 1. The first-order valence-electron chi connectivity index (χ1n) is 8.05. The minimum atomic E-state index is -3.30. The Morgan fingerprint density at radius 2 is 2.36 bits per heavy atom. The van der Waals surface area contributed by atoms with Crippen LogP contribution in [0.25, 0.3) is 11.2 Å². The molecule has 2 saturated heterocycles. The van der Waals surface area contributed by atoms with Gasteiger partial charge in [0.15, 0.2) is 34.0 Å². The number of anilines is 1. The molecule has 2 aromatic heterocycles. The molecule has 148 valence electrons. The van der Waals surface area contributed by atoms with Gasteiger partial charge in [0, 0.05) is 6.92 Å². The molecular weight excluding hydrogens is 460 g/mol. The maximum Gasteiger partial charge on any atom is 0.488 e. The standard InChI is InChI=1S/C13H15BBrN5O7P/c1-5(21)23-4-25-28(14)24-2-6-9(27-28)8(22)12(26-6)20-11-7(19-13(20)15)10(16)17-3-18-11/h3,6,8-9,12,22H,2,4H2,1H3,(H2,16,17,18)/q+1/t6-,8?,9+,12-,28?/m1/s1. The van der Waals surface area contributed by atoms with Gasteiger partial charge in [0.1, 0.15) is 25.1 Å². The maximum atomic E-state index is 10.9. The number of rotatable bonds is 4. The summed E-state index contributed by atoms with van der Waals surface area (Å²) in [6.07, 6.45) is -2.20. The molecule has 0 spiro atoms. The van der Waals surface area contributed by atoms with Gasteiger partial charge >= 0.3 is 21.4 Å². The molecule has 4 heterocycles. The third-order valence-corrected chi connectivity index (χ3v) is 6.28. The lowest BCUT2D eigenvalue weighted by Gasteiger charge is -2.30. The van der Waals surface area contributed by atoms with Gasteiger partial charge in [-0.25, -0.2) is 15.0 Å². The van der Waals surface area contributed by atoms with Gasteiger partial charge in [-0.05, 0) is 15.9 Å². The second-order valence-electron chi connectivity index (χ2n) is 6.03. The number of nitrogens with two attached hydrogens (primary N) is 1. The fourth-order valence-corrected chi connectivity index (χ4v) is 4.85. The number of carbonyl (C=O) groups is 1. The zero-order valence-corrected chi connectivity index (χ0v) is 16.9. The SMILES string of the molecule is [B][P+]1(OCOC(C)=O)OC[C@H]2O[C@@H](n3c(Br)nc4c(N)ncnc43)C(O)[C@H]2O1. The molecule has 3 N–H and O–H groups in total. The number of esters is 1. The van der Waals surface area contributed by atoms with E-state index in [4.69, 9.17) is 36.3 Å². The van der Waals surface area contributed by atoms with Crippen LogP contribution in [0, 0.1) is 0 Å². The number of hydrogen-bond donors (Lipinski definition) is 2. The van der Waals surface area contributed by atoms with Crippen LogP contribution in [-0.2, 0) is 27.8 Å². The molecule has 28 heavy (non-hydrogen) atoms. The highest BCUT2D eigenvalue weighted by Gasteiger charge is 2.58. The van der Waals surface area contributed by atoms with Crippen LogP contribution in [0.2, 0.25) is 0 Å². The monoisotopic (exact) mass is 474 g/mol. The number of halogens is 1. The molecule has 2 fully saturated rings. The van der Waals surface area contributed by atoms with Crippen LogP contribution in [0.3, 0.4) is 0 Å². The highest BCUT2D eigenvalue weighted by Crippen LogP contribution is 2.63. The summed E-state index contributed by atoms with van der Waals surface area (Å²) in [5, 5.41) is 10.8. The van der Waals surface area contributed by atoms with Crippen molar-refractivity contribution >= 4 is 54.3 Å². The lowest BCUT2D eigenvalue weighted by Crippen LogP contribution is -2.41. The minimum absolute atomic E-state index is 0.0178. The van der Waals surface area contributed by atoms with Gasteiger partial charge in [0.25, 0.3) is 0 Å². The Hall–Kier alpha value is -1.41. The summed E-state index contributed by atoms with van der Waals surface area (Å²) in [6, 6.07) is 0. The lowest BCUT2D eigenvalue weighted by atomic mass is 10.1. The number of imidazole rings is 1. The Morgan fingerprint density at radius 3 is 3.11 bits per heavy atom.